The number of carbonyl (C=O) groups excluding carboxylic acids is 1. The highest BCUT2D eigenvalue weighted by molar-refractivity contribution is 5.79. The second-order valence-electron chi connectivity index (χ2n) is 8.28. The molecule has 3 N–H and O–H groups in total. The van der Waals surface area contributed by atoms with Crippen LogP contribution in [-0.2, 0) is 11.3 Å². The van der Waals surface area contributed by atoms with Crippen LogP contribution in [0.15, 0.2) is 29.3 Å². The van der Waals surface area contributed by atoms with Crippen LogP contribution in [0, 0.1) is 0 Å². The maximum Gasteiger partial charge on any atom is 0.407 e. The van der Waals surface area contributed by atoms with Gasteiger partial charge >= 0.3 is 6.09 Å². The Kier molecular flexibility index (Phi) is 11.7. The van der Waals surface area contributed by atoms with Crippen LogP contribution in [0.25, 0.3) is 0 Å². The van der Waals surface area contributed by atoms with Crippen LogP contribution in [0.3, 0.4) is 0 Å². The number of benzene rings is 1. The molecule has 0 spiro atoms. The van der Waals surface area contributed by atoms with Gasteiger partial charge in [-0.15, -0.1) is 0 Å². The smallest absolute Gasteiger partial charge is 0.407 e. The number of carbonyl (C=O) groups is 1. The molecular weight excluding hydrogens is 382 g/mol. The van der Waals surface area contributed by atoms with E-state index in [-0.39, 0.29) is 0 Å². The van der Waals surface area contributed by atoms with Gasteiger partial charge in [0, 0.05) is 33.2 Å². The average molecular weight is 422 g/mol. The summed E-state index contributed by atoms with van der Waals surface area (Å²) >= 11 is 0. The fourth-order valence-corrected chi connectivity index (χ4v) is 2.48. The Morgan fingerprint density at radius 3 is 2.30 bits per heavy atom. The Bertz CT molecular complexity index is 639. The van der Waals surface area contributed by atoms with E-state index in [0.717, 1.165) is 43.3 Å². The summed E-state index contributed by atoms with van der Waals surface area (Å²) in [5, 5.41) is 9.26. The van der Waals surface area contributed by atoms with E-state index in [2.05, 4.69) is 39.9 Å². The topological polar surface area (TPSA) is 87.2 Å². The van der Waals surface area contributed by atoms with Crippen LogP contribution >= 0.6 is 0 Å². The first-order valence-corrected chi connectivity index (χ1v) is 10.5. The van der Waals surface area contributed by atoms with Crippen LogP contribution in [0.5, 0.6) is 5.75 Å². The summed E-state index contributed by atoms with van der Waals surface area (Å²) in [6.45, 7) is 9.16. The predicted molar refractivity (Wildman–Crippen MR) is 122 cm³/mol. The molecule has 0 saturated carbocycles. The Hall–Kier alpha value is -2.48. The quantitative estimate of drug-likeness (QED) is 0.289. The third-order valence-electron chi connectivity index (χ3n) is 3.94. The predicted octanol–water partition coefficient (Wildman–Crippen LogP) is 2.60. The Balaban J connectivity index is 2.22. The second-order valence-corrected chi connectivity index (χ2v) is 8.28. The highest BCUT2D eigenvalue weighted by Gasteiger charge is 2.15. The summed E-state index contributed by atoms with van der Waals surface area (Å²) in [7, 11) is 5.86. The zero-order valence-electron chi connectivity index (χ0n) is 19.4. The molecule has 0 heterocycles. The molecule has 0 aliphatic heterocycles. The van der Waals surface area contributed by atoms with Gasteiger partial charge in [0.1, 0.15) is 11.4 Å². The molecule has 8 heteroatoms. The van der Waals surface area contributed by atoms with Crippen molar-refractivity contribution >= 4 is 12.1 Å². The van der Waals surface area contributed by atoms with Crippen molar-refractivity contribution in [2.24, 2.45) is 4.99 Å². The number of guanidine groups is 1. The second kappa shape index (κ2) is 13.7. The molecule has 8 nitrogen and oxygen atoms in total. The first kappa shape index (κ1) is 25.6. The number of amides is 1. The molecule has 0 unspecified atom stereocenters. The standard InChI is InChI=1S/C22H39N5O3/c1-22(2,3)30-21(28)25-14-7-13-24-20(23-4)26-17-18-9-11-19(12-10-18)29-16-8-15-27(5)6/h9-12H,7-8,13-17H2,1-6H3,(H,25,28)(H2,23,24,26). The summed E-state index contributed by atoms with van der Waals surface area (Å²) in [6, 6.07) is 8.08. The van der Waals surface area contributed by atoms with Gasteiger partial charge in [0.15, 0.2) is 5.96 Å². The maximum absolute atomic E-state index is 11.6. The summed E-state index contributed by atoms with van der Waals surface area (Å²) < 4.78 is 11.0. The van der Waals surface area contributed by atoms with Crippen molar-refractivity contribution in [2.45, 2.75) is 45.8 Å². The fraction of sp³-hybridized carbons (Fsp3) is 0.636. The van der Waals surface area contributed by atoms with Crippen molar-refractivity contribution in [3.05, 3.63) is 29.8 Å². The summed E-state index contributed by atoms with van der Waals surface area (Å²) in [6.07, 6.45) is 1.38. The van der Waals surface area contributed by atoms with Gasteiger partial charge < -0.3 is 30.3 Å². The van der Waals surface area contributed by atoms with Crippen molar-refractivity contribution in [3.63, 3.8) is 0 Å². The molecule has 0 fully saturated rings. The molecule has 0 aliphatic rings. The molecule has 1 amide bonds. The van der Waals surface area contributed by atoms with E-state index in [4.69, 9.17) is 9.47 Å². The number of hydrogen-bond acceptors (Lipinski definition) is 5. The fourth-order valence-electron chi connectivity index (χ4n) is 2.48. The van der Waals surface area contributed by atoms with Crippen molar-refractivity contribution in [2.75, 3.05) is 47.4 Å². The highest BCUT2D eigenvalue weighted by Crippen LogP contribution is 2.12. The van der Waals surface area contributed by atoms with Gasteiger partial charge in [-0.2, -0.15) is 0 Å². The van der Waals surface area contributed by atoms with E-state index in [1.807, 2.05) is 45.0 Å². The van der Waals surface area contributed by atoms with Gasteiger partial charge in [0.2, 0.25) is 0 Å². The van der Waals surface area contributed by atoms with Gasteiger partial charge in [0.25, 0.3) is 0 Å². The summed E-state index contributed by atoms with van der Waals surface area (Å²) in [4.78, 5) is 18.0. The average Bonchev–Trinajstić information content (AvgIpc) is 2.66. The van der Waals surface area contributed by atoms with E-state index in [0.29, 0.717) is 19.6 Å². The zero-order chi connectivity index (χ0) is 22.4. The Morgan fingerprint density at radius 1 is 1.03 bits per heavy atom. The van der Waals surface area contributed by atoms with Crippen molar-refractivity contribution in [1.82, 2.24) is 20.9 Å². The number of aliphatic imine (C=N–C) groups is 1. The van der Waals surface area contributed by atoms with Crippen molar-refractivity contribution in [1.29, 1.82) is 0 Å². The molecule has 1 aromatic rings. The van der Waals surface area contributed by atoms with Gasteiger partial charge in [-0.3, -0.25) is 4.99 Å². The van der Waals surface area contributed by atoms with E-state index in [1.165, 1.54) is 0 Å². The summed E-state index contributed by atoms with van der Waals surface area (Å²) in [5.74, 6) is 1.61. The lowest BCUT2D eigenvalue weighted by Gasteiger charge is -2.19. The minimum Gasteiger partial charge on any atom is -0.494 e. The number of nitrogens with zero attached hydrogens (tertiary/aromatic N) is 2. The molecule has 1 rings (SSSR count). The molecule has 0 atom stereocenters. The molecule has 0 bridgehead atoms. The SMILES string of the molecule is CN=C(NCCCNC(=O)OC(C)(C)C)NCc1ccc(OCCCN(C)C)cc1. The first-order chi connectivity index (χ1) is 14.2. The zero-order valence-corrected chi connectivity index (χ0v) is 19.4. The van der Waals surface area contributed by atoms with Gasteiger partial charge in [-0.25, -0.2) is 4.79 Å². The van der Waals surface area contributed by atoms with Crippen LogP contribution in [0.1, 0.15) is 39.2 Å². The minimum absolute atomic E-state index is 0.393. The molecule has 0 saturated heterocycles. The number of ether oxygens (including phenoxy) is 2. The Labute approximate surface area is 181 Å². The lowest BCUT2D eigenvalue weighted by Crippen LogP contribution is -2.39. The molecule has 0 radical (unpaired) electrons. The highest BCUT2D eigenvalue weighted by atomic mass is 16.6. The molecule has 1 aromatic carbocycles. The number of nitrogens with one attached hydrogen (secondary N) is 3. The van der Waals surface area contributed by atoms with Crippen molar-refractivity contribution in [3.8, 4) is 5.75 Å². The molecule has 170 valence electrons. The van der Waals surface area contributed by atoms with E-state index in [1.54, 1.807) is 7.05 Å². The van der Waals surface area contributed by atoms with Gasteiger partial charge in [-0.05, 0) is 65.4 Å². The van der Waals surface area contributed by atoms with Crippen LogP contribution in [0.2, 0.25) is 0 Å². The number of hydrogen-bond donors (Lipinski definition) is 3. The van der Waals surface area contributed by atoms with Crippen LogP contribution in [0.4, 0.5) is 4.79 Å². The maximum atomic E-state index is 11.6. The van der Waals surface area contributed by atoms with E-state index in [9.17, 15) is 4.79 Å². The molecule has 0 aromatic heterocycles. The number of rotatable bonds is 11. The molecule has 0 aliphatic carbocycles. The Morgan fingerprint density at radius 2 is 1.70 bits per heavy atom. The van der Waals surface area contributed by atoms with Gasteiger partial charge in [-0.1, -0.05) is 12.1 Å². The lowest BCUT2D eigenvalue weighted by molar-refractivity contribution is 0.0527. The van der Waals surface area contributed by atoms with Crippen molar-refractivity contribution < 1.29 is 14.3 Å². The molecule has 30 heavy (non-hydrogen) atoms. The monoisotopic (exact) mass is 421 g/mol. The largest absolute Gasteiger partial charge is 0.494 e. The first-order valence-electron chi connectivity index (χ1n) is 10.5. The third kappa shape index (κ3) is 12.9. The van der Waals surface area contributed by atoms with Crippen LogP contribution < -0.4 is 20.7 Å². The van der Waals surface area contributed by atoms with Crippen LogP contribution in [-0.4, -0.2) is 69.9 Å². The van der Waals surface area contributed by atoms with E-state index < -0.39 is 11.7 Å². The summed E-state index contributed by atoms with van der Waals surface area (Å²) in [5.41, 5.74) is 0.662. The van der Waals surface area contributed by atoms with E-state index >= 15 is 0 Å². The minimum atomic E-state index is -0.481. The number of alkyl carbamates (subject to hydrolysis) is 1. The van der Waals surface area contributed by atoms with Gasteiger partial charge in [0.05, 0.1) is 6.61 Å². The third-order valence-corrected chi connectivity index (χ3v) is 3.94. The normalized spacial score (nSPS) is 11.9. The lowest BCUT2D eigenvalue weighted by atomic mass is 10.2. The molecular formula is C22H39N5O3.